The van der Waals surface area contributed by atoms with E-state index in [-0.39, 0.29) is 12.1 Å². The van der Waals surface area contributed by atoms with E-state index in [2.05, 4.69) is 12.2 Å². The first kappa shape index (κ1) is 19.7. The minimum absolute atomic E-state index is 0.217. The van der Waals surface area contributed by atoms with E-state index in [1.165, 1.54) is 0 Å². The molecule has 0 radical (unpaired) electrons. The highest BCUT2D eigenvalue weighted by Crippen LogP contribution is 2.29. The zero-order valence-electron chi connectivity index (χ0n) is 15.8. The van der Waals surface area contributed by atoms with Gasteiger partial charge in [-0.3, -0.25) is 0 Å². The number of carbonyl (C=O) groups is 1. The standard InChI is InChI=1S/C19H29ClN2O3/c1-13(21-15-8-9-17(24-5)16(20)11-15)14-7-6-10-22(12-14)18(23)25-19(2,3)4/h8-9,11,13-14,21H,6-7,10,12H2,1-5H3. The summed E-state index contributed by atoms with van der Waals surface area (Å²) in [4.78, 5) is 14.1. The predicted octanol–water partition coefficient (Wildman–Crippen LogP) is 4.80. The zero-order chi connectivity index (χ0) is 18.6. The second-order valence-electron chi connectivity index (χ2n) is 7.61. The molecule has 25 heavy (non-hydrogen) atoms. The van der Waals surface area contributed by atoms with Gasteiger partial charge in [0.15, 0.2) is 0 Å². The lowest BCUT2D eigenvalue weighted by atomic mass is 9.91. The highest BCUT2D eigenvalue weighted by Gasteiger charge is 2.30. The lowest BCUT2D eigenvalue weighted by Gasteiger charge is -2.37. The molecule has 0 aromatic heterocycles. The second-order valence-corrected chi connectivity index (χ2v) is 8.02. The van der Waals surface area contributed by atoms with Crippen LogP contribution in [0, 0.1) is 5.92 Å². The molecule has 1 heterocycles. The fraction of sp³-hybridized carbons (Fsp3) is 0.632. The Morgan fingerprint density at radius 2 is 2.12 bits per heavy atom. The molecule has 0 saturated carbocycles. The fourth-order valence-electron chi connectivity index (χ4n) is 3.05. The van der Waals surface area contributed by atoms with Gasteiger partial charge >= 0.3 is 6.09 Å². The van der Waals surface area contributed by atoms with Crippen LogP contribution >= 0.6 is 11.6 Å². The number of hydrogen-bond donors (Lipinski definition) is 1. The van der Waals surface area contributed by atoms with Gasteiger partial charge in [0.1, 0.15) is 11.4 Å². The van der Waals surface area contributed by atoms with Crippen LogP contribution in [-0.2, 0) is 4.74 Å². The average Bonchev–Trinajstić information content (AvgIpc) is 2.53. The molecule has 140 valence electrons. The van der Waals surface area contributed by atoms with Gasteiger partial charge in [-0.2, -0.15) is 0 Å². The number of methoxy groups -OCH3 is 1. The van der Waals surface area contributed by atoms with Gasteiger partial charge in [0.05, 0.1) is 12.1 Å². The van der Waals surface area contributed by atoms with Crippen molar-refractivity contribution in [2.24, 2.45) is 5.92 Å². The summed E-state index contributed by atoms with van der Waals surface area (Å²) in [5.41, 5.74) is 0.487. The number of anilines is 1. The zero-order valence-corrected chi connectivity index (χ0v) is 16.5. The van der Waals surface area contributed by atoms with Crippen molar-refractivity contribution in [1.29, 1.82) is 0 Å². The third kappa shape index (κ3) is 5.70. The van der Waals surface area contributed by atoms with Crippen molar-refractivity contribution >= 4 is 23.4 Å². The molecule has 0 bridgehead atoms. The molecule has 1 amide bonds. The van der Waals surface area contributed by atoms with E-state index < -0.39 is 5.60 Å². The first-order valence-electron chi connectivity index (χ1n) is 8.77. The van der Waals surface area contributed by atoms with Crippen molar-refractivity contribution in [3.05, 3.63) is 23.2 Å². The third-order valence-corrected chi connectivity index (χ3v) is 4.66. The predicted molar refractivity (Wildman–Crippen MR) is 102 cm³/mol. The molecule has 1 aromatic carbocycles. The van der Waals surface area contributed by atoms with E-state index >= 15 is 0 Å². The minimum atomic E-state index is -0.465. The van der Waals surface area contributed by atoms with Gasteiger partial charge in [-0.1, -0.05) is 11.6 Å². The average molecular weight is 369 g/mol. The molecule has 1 aromatic rings. The number of rotatable bonds is 4. The summed E-state index contributed by atoms with van der Waals surface area (Å²) in [6, 6.07) is 5.89. The fourth-order valence-corrected chi connectivity index (χ4v) is 3.31. The Hall–Kier alpha value is -1.62. The summed E-state index contributed by atoms with van der Waals surface area (Å²) < 4.78 is 10.7. The summed E-state index contributed by atoms with van der Waals surface area (Å²) in [6.07, 6.45) is 1.84. The van der Waals surface area contributed by atoms with Gasteiger partial charge in [-0.25, -0.2) is 4.79 Å². The quantitative estimate of drug-likeness (QED) is 0.829. The number of piperidine rings is 1. The van der Waals surface area contributed by atoms with Crippen LogP contribution < -0.4 is 10.1 Å². The third-order valence-electron chi connectivity index (χ3n) is 4.36. The second kappa shape index (κ2) is 8.17. The number of ether oxygens (including phenoxy) is 2. The van der Waals surface area contributed by atoms with Crippen LogP contribution in [0.2, 0.25) is 5.02 Å². The van der Waals surface area contributed by atoms with Gasteiger partial charge in [0, 0.05) is 24.8 Å². The van der Waals surface area contributed by atoms with Crippen molar-refractivity contribution in [2.75, 3.05) is 25.5 Å². The van der Waals surface area contributed by atoms with E-state index in [0.717, 1.165) is 25.1 Å². The largest absolute Gasteiger partial charge is 0.495 e. The van der Waals surface area contributed by atoms with Crippen LogP contribution in [0.1, 0.15) is 40.5 Å². The topological polar surface area (TPSA) is 50.8 Å². The van der Waals surface area contributed by atoms with Crippen LogP contribution in [0.4, 0.5) is 10.5 Å². The lowest BCUT2D eigenvalue weighted by molar-refractivity contribution is 0.0159. The molecule has 0 aliphatic carbocycles. The highest BCUT2D eigenvalue weighted by atomic mass is 35.5. The first-order chi connectivity index (χ1) is 11.7. The Morgan fingerprint density at radius 3 is 2.72 bits per heavy atom. The molecule has 6 heteroatoms. The number of likely N-dealkylation sites (tertiary alicyclic amines) is 1. The SMILES string of the molecule is COc1ccc(NC(C)C2CCCN(C(=O)OC(C)(C)C)C2)cc1Cl. The van der Waals surface area contributed by atoms with Crippen molar-refractivity contribution in [1.82, 2.24) is 4.90 Å². The molecule has 1 aliphatic heterocycles. The van der Waals surface area contributed by atoms with Gasteiger partial charge in [-0.15, -0.1) is 0 Å². The lowest BCUT2D eigenvalue weighted by Crippen LogP contribution is -2.46. The Morgan fingerprint density at radius 1 is 1.40 bits per heavy atom. The number of nitrogens with zero attached hydrogens (tertiary/aromatic N) is 1. The summed E-state index contributed by atoms with van der Waals surface area (Å²) in [5, 5.41) is 4.07. The van der Waals surface area contributed by atoms with Crippen LogP contribution in [0.25, 0.3) is 0 Å². The van der Waals surface area contributed by atoms with Gasteiger partial charge in [-0.05, 0) is 64.7 Å². The van der Waals surface area contributed by atoms with Gasteiger partial charge < -0.3 is 19.7 Å². The van der Waals surface area contributed by atoms with Gasteiger partial charge in [0.25, 0.3) is 0 Å². The Bertz CT molecular complexity index is 601. The molecule has 5 nitrogen and oxygen atoms in total. The minimum Gasteiger partial charge on any atom is -0.495 e. The normalized spacial score (nSPS) is 19.3. The highest BCUT2D eigenvalue weighted by molar-refractivity contribution is 6.32. The molecule has 2 unspecified atom stereocenters. The molecule has 1 fully saturated rings. The molecule has 1 aliphatic rings. The number of carbonyl (C=O) groups excluding carboxylic acids is 1. The molecule has 2 atom stereocenters. The monoisotopic (exact) mass is 368 g/mol. The smallest absolute Gasteiger partial charge is 0.410 e. The number of amides is 1. The van der Waals surface area contributed by atoms with Crippen molar-refractivity contribution in [2.45, 2.75) is 52.2 Å². The number of benzene rings is 1. The molecule has 1 saturated heterocycles. The Balaban J connectivity index is 1.96. The molecule has 0 spiro atoms. The van der Waals surface area contributed by atoms with Crippen LogP contribution in [0.5, 0.6) is 5.75 Å². The maximum atomic E-state index is 12.3. The number of hydrogen-bond acceptors (Lipinski definition) is 4. The molecular weight excluding hydrogens is 340 g/mol. The maximum Gasteiger partial charge on any atom is 0.410 e. The van der Waals surface area contributed by atoms with Crippen molar-refractivity contribution < 1.29 is 14.3 Å². The summed E-state index contributed by atoms with van der Waals surface area (Å²) in [7, 11) is 1.60. The van der Waals surface area contributed by atoms with E-state index in [1.54, 1.807) is 7.11 Å². The molecule has 2 rings (SSSR count). The first-order valence-corrected chi connectivity index (χ1v) is 9.15. The van der Waals surface area contributed by atoms with Crippen molar-refractivity contribution in [3.63, 3.8) is 0 Å². The van der Waals surface area contributed by atoms with E-state index in [0.29, 0.717) is 23.2 Å². The summed E-state index contributed by atoms with van der Waals surface area (Å²) in [6.45, 7) is 9.28. The van der Waals surface area contributed by atoms with Gasteiger partial charge in [0.2, 0.25) is 0 Å². The van der Waals surface area contributed by atoms with E-state index in [4.69, 9.17) is 21.1 Å². The molecular formula is C19H29ClN2O3. The van der Waals surface area contributed by atoms with Crippen LogP contribution in [0.15, 0.2) is 18.2 Å². The maximum absolute atomic E-state index is 12.3. The Labute approximate surface area is 155 Å². The summed E-state index contributed by atoms with van der Waals surface area (Å²) >= 11 is 6.19. The van der Waals surface area contributed by atoms with Crippen molar-refractivity contribution in [3.8, 4) is 5.75 Å². The van der Waals surface area contributed by atoms with Crippen LogP contribution in [0.3, 0.4) is 0 Å². The van der Waals surface area contributed by atoms with Crippen LogP contribution in [-0.4, -0.2) is 42.8 Å². The number of nitrogens with one attached hydrogen (secondary N) is 1. The molecule has 1 N–H and O–H groups in total. The Kier molecular flexibility index (Phi) is 6.44. The summed E-state index contributed by atoms with van der Waals surface area (Å²) in [5.74, 6) is 1.02. The van der Waals surface area contributed by atoms with E-state index in [1.807, 2.05) is 43.9 Å². The van der Waals surface area contributed by atoms with E-state index in [9.17, 15) is 4.79 Å². The number of halogens is 1.